The molecule has 3 rings (SSSR count). The van der Waals surface area contributed by atoms with E-state index in [1.807, 2.05) is 0 Å². The number of nitrogens with zero attached hydrogens (tertiary/aromatic N) is 1. The first-order valence-corrected chi connectivity index (χ1v) is 38.3. The third-order valence-electron chi connectivity index (χ3n) is 18.1. The van der Waals surface area contributed by atoms with Crippen LogP contribution in [0.1, 0.15) is 170 Å². The largest absolute Gasteiger partial charge is 0.481 e. The van der Waals surface area contributed by atoms with Crippen molar-refractivity contribution >= 4 is 107 Å². The summed E-state index contributed by atoms with van der Waals surface area (Å²) in [5.74, 6) is -19.1. The number of carbonyl (C=O) groups excluding carboxylic acids is 15. The quantitative estimate of drug-likeness (QED) is 0.0296. The molecule has 0 spiro atoms. The molecule has 0 radical (unpaired) electrons. The molecule has 2 aromatic rings. The van der Waals surface area contributed by atoms with Gasteiger partial charge in [0, 0.05) is 32.2 Å². The standard InChI is InChI=1S/C76H117N17O21/c1-40(2)31-51(91-74(111)58-24-18-30-93(58)75(112)57(36-46-21-14-11-15-22-46)92-68(105)49(25-27-59(79)94)84-73(110)56(38-63(99)100)90-70(107)52(32-41(3)4)86-65(102)47(78)37-62(97)98)66(103)81-39-61(96)82-44(9)64(101)83-48(23-16-17-29-77)67(104)89-55(35-45-19-12-10-13-20-45)72(109)88-54(34-43(7)8)71(108)87-53(33-42(5)6)69(106)85-50(76(113)114)26-28-60(80)95/h10-15,19-22,40-44,47-58H,16-18,23-39,77-78H2,1-9H3,(H2,79,94)(H2,80,95)(H,81,103)(H,82,96)(H,83,101)(H,84,110)(H,85,106)(H,86,102)(H,87,108)(H,88,109)(H,89,104)(H,90,107)(H,91,111)(H,92,105)(H,97,98)(H,99,100)(H,113,114)/t44-,47-,48-,49-,50-,51-,52-,53-,54-,55-,56-,57-,58-/m0/s1. The van der Waals surface area contributed by atoms with Crippen LogP contribution in [0.3, 0.4) is 0 Å². The number of nitrogens with two attached hydrogens (primary N) is 4. The van der Waals surface area contributed by atoms with E-state index in [0.717, 1.165) is 0 Å². The molecular formula is C76H117N17O21. The lowest BCUT2D eigenvalue weighted by atomic mass is 9.98. The van der Waals surface area contributed by atoms with Crippen molar-refractivity contribution in [1.82, 2.24) is 68.7 Å². The summed E-state index contributed by atoms with van der Waals surface area (Å²) in [6.07, 6.45) is -2.91. The van der Waals surface area contributed by atoms with Gasteiger partial charge in [-0.3, -0.25) is 81.5 Å². The second kappa shape index (κ2) is 49.3. The summed E-state index contributed by atoms with van der Waals surface area (Å²) in [6.45, 7) is 14.7. The minimum atomic E-state index is -1.94. The minimum absolute atomic E-state index is 0.00797. The highest BCUT2D eigenvalue weighted by atomic mass is 16.4. The van der Waals surface area contributed by atoms with Crippen LogP contribution in [0.25, 0.3) is 0 Å². The molecule has 0 bridgehead atoms. The molecule has 0 saturated carbocycles. The highest BCUT2D eigenvalue weighted by Gasteiger charge is 2.42. The molecule has 1 heterocycles. The fourth-order valence-corrected chi connectivity index (χ4v) is 12.3. The zero-order valence-corrected chi connectivity index (χ0v) is 66.2. The van der Waals surface area contributed by atoms with Gasteiger partial charge in [0.25, 0.3) is 0 Å². The molecule has 1 saturated heterocycles. The van der Waals surface area contributed by atoms with E-state index < -0.39 is 217 Å². The predicted molar refractivity (Wildman–Crippen MR) is 413 cm³/mol. The number of carboxylic acid groups (broad SMARTS) is 3. The maximum absolute atomic E-state index is 14.9. The van der Waals surface area contributed by atoms with Crippen molar-refractivity contribution in [2.45, 2.75) is 250 Å². The van der Waals surface area contributed by atoms with E-state index in [1.54, 1.807) is 116 Å². The van der Waals surface area contributed by atoms with Gasteiger partial charge >= 0.3 is 17.9 Å². The van der Waals surface area contributed by atoms with Gasteiger partial charge in [0.15, 0.2) is 0 Å². The van der Waals surface area contributed by atoms with Crippen molar-refractivity contribution in [3.05, 3.63) is 71.8 Å². The number of hydrogen-bond acceptors (Lipinski definition) is 20. The van der Waals surface area contributed by atoms with Crippen LogP contribution in [-0.4, -0.2) is 225 Å². The topological polar surface area (TPSA) is 620 Å². The number of carboxylic acids is 3. The summed E-state index contributed by atoms with van der Waals surface area (Å²) in [5, 5.41) is 59.1. The van der Waals surface area contributed by atoms with E-state index >= 15 is 0 Å². The summed E-state index contributed by atoms with van der Waals surface area (Å²) in [4.78, 5) is 243. The van der Waals surface area contributed by atoms with Gasteiger partial charge in [-0.25, -0.2) is 4.79 Å². The Kier molecular flexibility index (Phi) is 42.0. The molecule has 0 aromatic heterocycles. The second-order valence-corrected chi connectivity index (χ2v) is 30.1. The number of amides is 15. The molecule has 23 N–H and O–H groups in total. The lowest BCUT2D eigenvalue weighted by molar-refractivity contribution is -0.143. The number of nitrogens with one attached hydrogen (secondary N) is 12. The Morgan fingerprint density at radius 3 is 1.25 bits per heavy atom. The van der Waals surface area contributed by atoms with Crippen LogP contribution in [0.4, 0.5) is 0 Å². The number of hydrogen-bond donors (Lipinski definition) is 19. The molecule has 13 atom stereocenters. The maximum atomic E-state index is 14.9. The highest BCUT2D eigenvalue weighted by molar-refractivity contribution is 6.01. The zero-order chi connectivity index (χ0) is 85.6. The van der Waals surface area contributed by atoms with Gasteiger partial charge < -0.3 is 107 Å². The van der Waals surface area contributed by atoms with Gasteiger partial charge in [0.1, 0.15) is 72.5 Å². The van der Waals surface area contributed by atoms with E-state index in [1.165, 1.54) is 11.8 Å². The molecule has 15 amide bonds. The predicted octanol–water partition coefficient (Wildman–Crippen LogP) is -2.86. The van der Waals surface area contributed by atoms with Crippen LogP contribution < -0.4 is 86.7 Å². The Balaban J connectivity index is 1.84. The number of unbranched alkanes of at least 4 members (excludes halogenated alkanes) is 1. The average molecular weight is 1600 g/mol. The normalized spacial score (nSPS) is 15.7. The first-order chi connectivity index (χ1) is 53.6. The number of likely N-dealkylation sites (tertiary alicyclic amines) is 1. The van der Waals surface area contributed by atoms with Crippen molar-refractivity contribution in [2.75, 3.05) is 19.6 Å². The molecule has 0 unspecified atom stereocenters. The van der Waals surface area contributed by atoms with E-state index in [-0.39, 0.29) is 107 Å². The Labute approximate surface area is 662 Å². The third-order valence-corrected chi connectivity index (χ3v) is 18.1. The van der Waals surface area contributed by atoms with Crippen LogP contribution in [0.15, 0.2) is 60.7 Å². The number of rotatable bonds is 52. The summed E-state index contributed by atoms with van der Waals surface area (Å²) in [5.41, 5.74) is 23.3. The van der Waals surface area contributed by atoms with Crippen LogP contribution in [0.2, 0.25) is 0 Å². The van der Waals surface area contributed by atoms with Crippen LogP contribution in [0.5, 0.6) is 0 Å². The zero-order valence-electron chi connectivity index (χ0n) is 66.2. The van der Waals surface area contributed by atoms with Gasteiger partial charge in [0.2, 0.25) is 88.6 Å². The summed E-state index contributed by atoms with van der Waals surface area (Å²) in [6, 6.07) is -2.25. The second-order valence-electron chi connectivity index (χ2n) is 30.1. The van der Waals surface area contributed by atoms with Gasteiger partial charge in [-0.15, -0.1) is 0 Å². The molecule has 38 heteroatoms. The Morgan fingerprint density at radius 1 is 0.421 bits per heavy atom. The monoisotopic (exact) mass is 1600 g/mol. The van der Waals surface area contributed by atoms with E-state index in [0.29, 0.717) is 24.0 Å². The van der Waals surface area contributed by atoms with Crippen LogP contribution >= 0.6 is 0 Å². The first-order valence-electron chi connectivity index (χ1n) is 38.3. The molecule has 38 nitrogen and oxygen atoms in total. The SMILES string of the molecule is CC(C)C[C@H](NC(=O)[C@H](CC(C)C)NC(=O)[C@H](Cc1ccccc1)NC(=O)[C@H](CCCCN)NC(=O)[C@H](C)NC(=O)CNC(=O)[C@H](CC(C)C)NC(=O)[C@@H]1CCCN1C(=O)[C@H](Cc1ccccc1)NC(=O)[C@H](CCC(N)=O)NC(=O)[C@H](CC(=O)O)NC(=O)[C@H](CC(C)C)NC(=O)[C@@H](N)CC(=O)O)C(=O)N[C@@H](CCC(N)=O)C(=O)O. The van der Waals surface area contributed by atoms with Crippen LogP contribution in [-0.2, 0) is 99.1 Å². The minimum Gasteiger partial charge on any atom is -0.481 e. The molecule has 1 fully saturated rings. The molecule has 114 heavy (non-hydrogen) atoms. The fourth-order valence-electron chi connectivity index (χ4n) is 12.3. The molecule has 0 aliphatic carbocycles. The lowest BCUT2D eigenvalue weighted by Crippen LogP contribution is -2.60. The van der Waals surface area contributed by atoms with E-state index in [2.05, 4.69) is 63.8 Å². The number of benzene rings is 2. The van der Waals surface area contributed by atoms with Crippen molar-refractivity contribution in [1.29, 1.82) is 0 Å². The summed E-state index contributed by atoms with van der Waals surface area (Å²) < 4.78 is 0. The van der Waals surface area contributed by atoms with Crippen molar-refractivity contribution in [2.24, 2.45) is 46.6 Å². The van der Waals surface area contributed by atoms with E-state index in [9.17, 15) is 96.5 Å². The average Bonchev–Trinajstić information content (AvgIpc) is 1.61. The Hall–Kier alpha value is -11.2. The van der Waals surface area contributed by atoms with Gasteiger partial charge in [-0.2, -0.15) is 0 Å². The summed E-state index contributed by atoms with van der Waals surface area (Å²) in [7, 11) is 0. The Bertz CT molecular complexity index is 3640. The number of primary amides is 2. The first kappa shape index (κ1) is 97.0. The van der Waals surface area contributed by atoms with Crippen LogP contribution in [0, 0.1) is 23.7 Å². The maximum Gasteiger partial charge on any atom is 0.326 e. The third kappa shape index (κ3) is 36.1. The lowest BCUT2D eigenvalue weighted by Gasteiger charge is -2.31. The highest BCUT2D eigenvalue weighted by Crippen LogP contribution is 2.22. The smallest absolute Gasteiger partial charge is 0.326 e. The molecule has 1 aliphatic heterocycles. The van der Waals surface area contributed by atoms with Crippen molar-refractivity contribution in [3.8, 4) is 0 Å². The van der Waals surface area contributed by atoms with Gasteiger partial charge in [-0.05, 0) is 119 Å². The van der Waals surface area contributed by atoms with Crippen molar-refractivity contribution < 1.29 is 102 Å². The summed E-state index contributed by atoms with van der Waals surface area (Å²) >= 11 is 0. The Morgan fingerprint density at radius 2 is 0.798 bits per heavy atom. The fraction of sp³-hybridized carbons (Fsp3) is 0.605. The molecular weight excluding hydrogens is 1490 g/mol. The van der Waals surface area contributed by atoms with Gasteiger partial charge in [0.05, 0.1) is 25.4 Å². The van der Waals surface area contributed by atoms with E-state index in [4.69, 9.17) is 28.0 Å². The molecule has 2 aromatic carbocycles. The molecule has 632 valence electrons. The van der Waals surface area contributed by atoms with Gasteiger partial charge in [-0.1, -0.05) is 116 Å². The number of aliphatic carboxylic acids is 3. The van der Waals surface area contributed by atoms with Crippen molar-refractivity contribution in [3.63, 3.8) is 0 Å². The number of carbonyl (C=O) groups is 18. The molecule has 1 aliphatic rings.